The summed E-state index contributed by atoms with van der Waals surface area (Å²) in [7, 11) is 0. The number of hydrogen-bond donors (Lipinski definition) is 3. The summed E-state index contributed by atoms with van der Waals surface area (Å²) in [6, 6.07) is 31.8. The van der Waals surface area contributed by atoms with Crippen LogP contribution in [0.25, 0.3) is 0 Å². The fourth-order valence-electron chi connectivity index (χ4n) is 7.82. The first-order valence-electron chi connectivity index (χ1n) is 23.7. The molecule has 4 atom stereocenters. The predicted octanol–water partition coefficient (Wildman–Crippen LogP) is 8.26. The Labute approximate surface area is 470 Å². The van der Waals surface area contributed by atoms with E-state index in [1.165, 1.54) is 12.3 Å². The number of alkyl halides is 3. The van der Waals surface area contributed by atoms with E-state index in [9.17, 15) is 38.4 Å². The second-order valence-corrected chi connectivity index (χ2v) is 22.7. The fraction of sp³-hybridized carbons (Fsp3) is 0.302. The number of anilines is 1. The van der Waals surface area contributed by atoms with Crippen LogP contribution < -0.4 is 16.5 Å². The molecule has 7 rings (SSSR count). The van der Waals surface area contributed by atoms with Crippen molar-refractivity contribution in [2.45, 2.75) is 66.8 Å². The first-order valence-corrected chi connectivity index (χ1v) is 26.8. The molecule has 20 nitrogen and oxygen atoms in total. The van der Waals surface area contributed by atoms with Crippen LogP contribution in [0.15, 0.2) is 138 Å². The number of ether oxygens (including phenoxy) is 6. The van der Waals surface area contributed by atoms with E-state index in [0.29, 0.717) is 27.3 Å². The maximum absolute atomic E-state index is 14.7. The number of thioether (sulfide) groups is 1. The van der Waals surface area contributed by atoms with Crippen molar-refractivity contribution in [2.75, 3.05) is 30.9 Å². The molecule has 0 unspecified atom stereocenters. The van der Waals surface area contributed by atoms with Crippen molar-refractivity contribution in [2.24, 2.45) is 11.8 Å². The normalized spacial score (nSPS) is 15.9. The molecule has 25 heteroatoms. The molecular weight excluding hydrogens is 1120 g/mol. The lowest BCUT2D eigenvalue weighted by atomic mass is 10.0. The van der Waals surface area contributed by atoms with Gasteiger partial charge in [-0.3, -0.25) is 34.2 Å². The van der Waals surface area contributed by atoms with Gasteiger partial charge in [0, 0.05) is 23.6 Å². The second kappa shape index (κ2) is 26.0. The van der Waals surface area contributed by atoms with Gasteiger partial charge in [0.05, 0.1) is 5.69 Å². The minimum Gasteiger partial charge on any atom is -0.461 e. The van der Waals surface area contributed by atoms with E-state index in [2.05, 4.69) is 15.6 Å². The highest BCUT2D eigenvalue weighted by molar-refractivity contribution is 8.00. The van der Waals surface area contributed by atoms with Gasteiger partial charge >= 0.3 is 36.1 Å². The van der Waals surface area contributed by atoms with Gasteiger partial charge in [-0.15, -0.1) is 23.1 Å². The van der Waals surface area contributed by atoms with Crippen molar-refractivity contribution in [1.82, 2.24) is 20.2 Å². The van der Waals surface area contributed by atoms with E-state index in [0.717, 1.165) is 28.0 Å². The smallest absolute Gasteiger partial charge is 0.425 e. The Morgan fingerprint density at radius 2 is 1.29 bits per heavy atom. The van der Waals surface area contributed by atoms with Gasteiger partial charge in [-0.2, -0.15) is 0 Å². The van der Waals surface area contributed by atoms with Crippen LogP contribution in [0.5, 0.6) is 0 Å². The quantitative estimate of drug-likeness (QED) is 0.0103. The standard InChI is InChI=1S/C53H51Cl3N6O14S2/c1-30(63)71-25-35-27-77-45-38(44(65)61(45)39(35)48(68)75-42(33-21-13-7-14-22-33)34-23-15-8-16-24-34)59-43(64)40(37-28-78-49(58-37)60-50(69)73-29-53(54,55)56)62(57)51(70)72-26-36(47(67)76-52(2,3)4)46(66)74-41(31-17-9-5-10-18-31)32-19-11-6-12-20-32/h5-24,28,36,38,40-42,45H,25-27,29,57H2,1-4H3,(H,59,64)(H,58,60,69)/t36-,38-,40+,45-/m1/s1. The van der Waals surface area contributed by atoms with Crippen molar-refractivity contribution < 1.29 is 66.8 Å². The summed E-state index contributed by atoms with van der Waals surface area (Å²) in [5, 5.41) is 5.30. The molecule has 0 saturated carbocycles. The first kappa shape index (κ1) is 58.5. The SMILES string of the molecule is CC(=O)OCC1=C(C(=O)OC(c2ccccc2)c2ccccc2)N2C(=O)[C@@H](NC(=O)[C@H](c3csc(NC(=O)OCC(Cl)(Cl)Cl)n3)N(N)C(=O)OC[C@H](C(=O)OC(c3ccccc3)c3ccccc3)C(=O)OC(C)(C)C)[C@H]2SC1. The zero-order valence-corrected chi connectivity index (χ0v) is 45.9. The topological polar surface area (TPSA) is 261 Å². The van der Waals surface area contributed by atoms with Crippen LogP contribution in [-0.2, 0) is 57.2 Å². The van der Waals surface area contributed by atoms with Crippen molar-refractivity contribution in [3.05, 3.63) is 166 Å². The lowest BCUT2D eigenvalue weighted by Crippen LogP contribution is -2.71. The molecule has 3 heterocycles. The van der Waals surface area contributed by atoms with Gasteiger partial charge in [-0.25, -0.2) is 30.2 Å². The molecule has 4 N–H and O–H groups in total. The van der Waals surface area contributed by atoms with Gasteiger partial charge in [0.2, 0.25) is 3.79 Å². The summed E-state index contributed by atoms with van der Waals surface area (Å²) < 4.78 is 31.4. The number of amides is 4. The Bertz CT molecular complexity index is 2940. The Morgan fingerprint density at radius 3 is 1.79 bits per heavy atom. The van der Waals surface area contributed by atoms with E-state index < -0.39 is 106 Å². The highest BCUT2D eigenvalue weighted by Crippen LogP contribution is 2.42. The number of carbonyl (C=O) groups is 8. The number of benzene rings is 4. The van der Waals surface area contributed by atoms with Crippen molar-refractivity contribution in [3.63, 3.8) is 0 Å². The number of β-lactam (4-membered cyclic amide) rings is 1. The summed E-state index contributed by atoms with van der Waals surface area (Å²) >= 11 is 19.0. The van der Waals surface area contributed by atoms with Crippen LogP contribution >= 0.6 is 57.9 Å². The predicted molar refractivity (Wildman–Crippen MR) is 287 cm³/mol. The van der Waals surface area contributed by atoms with Crippen LogP contribution in [-0.4, -0.2) is 109 Å². The average molecular weight is 1170 g/mol. The molecular formula is C53H51Cl3N6O14S2. The zero-order valence-electron chi connectivity index (χ0n) is 42.0. The summed E-state index contributed by atoms with van der Waals surface area (Å²) in [5.41, 5.74) is 1.00. The molecule has 1 fully saturated rings. The number of nitrogens with one attached hydrogen (secondary N) is 2. The number of halogens is 3. The molecule has 0 aliphatic carbocycles. The molecule has 5 aromatic rings. The fourth-order valence-corrected chi connectivity index (χ4v) is 10.0. The van der Waals surface area contributed by atoms with Gasteiger partial charge in [0.15, 0.2) is 29.3 Å². The van der Waals surface area contributed by atoms with Gasteiger partial charge in [0.25, 0.3) is 11.8 Å². The molecule has 4 aromatic carbocycles. The zero-order chi connectivity index (χ0) is 56.3. The largest absolute Gasteiger partial charge is 0.461 e. The molecule has 0 spiro atoms. The molecule has 2 aliphatic rings. The lowest BCUT2D eigenvalue weighted by Gasteiger charge is -2.50. The van der Waals surface area contributed by atoms with Crippen LogP contribution in [0.2, 0.25) is 0 Å². The third kappa shape index (κ3) is 15.3. The number of hydrogen-bond acceptors (Lipinski definition) is 18. The number of hydrazine groups is 1. The van der Waals surface area contributed by atoms with E-state index in [-0.39, 0.29) is 34.5 Å². The van der Waals surface area contributed by atoms with Gasteiger partial charge < -0.3 is 33.7 Å². The molecule has 78 heavy (non-hydrogen) atoms. The van der Waals surface area contributed by atoms with E-state index >= 15 is 0 Å². The molecule has 4 amide bonds. The maximum Gasteiger partial charge on any atom is 0.425 e. The number of esters is 4. The average Bonchev–Trinajstić information content (AvgIpc) is 3.96. The number of nitrogens with two attached hydrogens (primary N) is 1. The van der Waals surface area contributed by atoms with Crippen LogP contribution in [0.3, 0.4) is 0 Å². The third-order valence-corrected chi connectivity index (χ3v) is 13.8. The maximum atomic E-state index is 14.7. The van der Waals surface area contributed by atoms with Crippen LogP contribution in [0, 0.1) is 5.92 Å². The monoisotopic (exact) mass is 1160 g/mol. The molecule has 1 aromatic heterocycles. The molecule has 2 aliphatic heterocycles. The number of carbonyl (C=O) groups excluding carboxylic acids is 8. The van der Waals surface area contributed by atoms with Crippen LogP contribution in [0.4, 0.5) is 14.7 Å². The van der Waals surface area contributed by atoms with Gasteiger partial charge in [0.1, 0.15) is 42.5 Å². The van der Waals surface area contributed by atoms with Gasteiger partial charge in [-0.1, -0.05) is 156 Å². The Balaban J connectivity index is 1.15. The number of fused-ring (bicyclic) bond motifs is 1. The number of rotatable bonds is 19. The second-order valence-electron chi connectivity index (χ2n) is 18.2. The van der Waals surface area contributed by atoms with Crippen molar-refractivity contribution >= 4 is 111 Å². The summed E-state index contributed by atoms with van der Waals surface area (Å²) in [5.74, 6) is -1.18. The minimum atomic E-state index is -1.97. The summed E-state index contributed by atoms with van der Waals surface area (Å²) in [6.07, 6.45) is -4.54. The Morgan fingerprint density at radius 1 is 0.769 bits per heavy atom. The molecule has 0 radical (unpaired) electrons. The third-order valence-electron chi connectivity index (χ3n) is 11.3. The summed E-state index contributed by atoms with van der Waals surface area (Å²) in [6.45, 7) is 3.86. The Kier molecular flexibility index (Phi) is 19.5. The van der Waals surface area contributed by atoms with Crippen LogP contribution in [0.1, 0.15) is 73.9 Å². The van der Waals surface area contributed by atoms with E-state index in [1.54, 1.807) is 142 Å². The minimum absolute atomic E-state index is 0.0345. The number of nitrogens with zero attached hydrogens (tertiary/aromatic N) is 3. The van der Waals surface area contributed by atoms with E-state index in [4.69, 9.17) is 69.1 Å². The molecule has 410 valence electrons. The molecule has 0 bridgehead atoms. The van der Waals surface area contributed by atoms with Gasteiger partial charge in [-0.05, 0) is 43.0 Å². The number of aromatic nitrogens is 1. The summed E-state index contributed by atoms with van der Waals surface area (Å²) in [4.78, 5) is 115. The first-order chi connectivity index (χ1) is 37.1. The van der Waals surface area contributed by atoms with Crippen molar-refractivity contribution in [3.8, 4) is 0 Å². The number of thiazole rings is 1. The van der Waals surface area contributed by atoms with Crippen molar-refractivity contribution in [1.29, 1.82) is 0 Å². The highest BCUT2D eigenvalue weighted by Gasteiger charge is 2.55. The lowest BCUT2D eigenvalue weighted by molar-refractivity contribution is -0.173. The molecule has 1 saturated heterocycles. The highest BCUT2D eigenvalue weighted by atomic mass is 35.6. The van der Waals surface area contributed by atoms with E-state index in [1.807, 2.05) is 0 Å². The Hall–Kier alpha value is -7.21.